The van der Waals surface area contributed by atoms with Crippen molar-refractivity contribution in [3.05, 3.63) is 36.3 Å². The number of imidazole rings is 1. The van der Waals surface area contributed by atoms with E-state index in [1.165, 1.54) is 12.1 Å². The monoisotopic (exact) mass is 188 g/mol. The van der Waals surface area contributed by atoms with Gasteiger partial charge in [-0.15, -0.1) is 0 Å². The largest absolute Gasteiger partial charge is 0.307 e. The Morgan fingerprint density at radius 2 is 2.21 bits per heavy atom. The van der Waals surface area contributed by atoms with Gasteiger partial charge in [0, 0.05) is 12.4 Å². The van der Waals surface area contributed by atoms with Crippen LogP contribution >= 0.6 is 0 Å². The van der Waals surface area contributed by atoms with Crippen LogP contribution in [-0.4, -0.2) is 9.38 Å². The van der Waals surface area contributed by atoms with Gasteiger partial charge in [0.1, 0.15) is 5.65 Å². The summed E-state index contributed by atoms with van der Waals surface area (Å²) in [5.74, 6) is 0.750. The van der Waals surface area contributed by atoms with Gasteiger partial charge >= 0.3 is 0 Å². The lowest BCUT2D eigenvalue weighted by Crippen LogP contribution is -1.91. The van der Waals surface area contributed by atoms with Crippen molar-refractivity contribution in [3.8, 4) is 0 Å². The molecule has 0 aliphatic heterocycles. The SMILES string of the molecule is CC(C)CCc1cn2ccccc2n1. The minimum atomic E-state index is 0.750. The van der Waals surface area contributed by atoms with Gasteiger partial charge in [0.2, 0.25) is 0 Å². The first-order valence-electron chi connectivity index (χ1n) is 5.18. The van der Waals surface area contributed by atoms with Crippen molar-refractivity contribution in [2.24, 2.45) is 5.92 Å². The van der Waals surface area contributed by atoms with Crippen LogP contribution < -0.4 is 0 Å². The van der Waals surface area contributed by atoms with Crippen molar-refractivity contribution in [3.63, 3.8) is 0 Å². The van der Waals surface area contributed by atoms with Gasteiger partial charge in [-0.25, -0.2) is 4.98 Å². The van der Waals surface area contributed by atoms with E-state index in [0.717, 1.165) is 18.0 Å². The highest BCUT2D eigenvalue weighted by Crippen LogP contribution is 2.09. The smallest absolute Gasteiger partial charge is 0.136 e. The summed E-state index contributed by atoms with van der Waals surface area (Å²) >= 11 is 0. The van der Waals surface area contributed by atoms with Crippen molar-refractivity contribution in [2.75, 3.05) is 0 Å². The molecule has 0 atom stereocenters. The average molecular weight is 188 g/mol. The predicted molar refractivity (Wildman–Crippen MR) is 58.4 cm³/mol. The predicted octanol–water partition coefficient (Wildman–Crippen LogP) is 2.92. The number of aryl methyl sites for hydroxylation is 1. The molecule has 0 aliphatic carbocycles. The second-order valence-electron chi connectivity index (χ2n) is 4.13. The zero-order chi connectivity index (χ0) is 9.97. The first kappa shape index (κ1) is 9.25. The van der Waals surface area contributed by atoms with Gasteiger partial charge in [-0.1, -0.05) is 19.9 Å². The lowest BCUT2D eigenvalue weighted by molar-refractivity contribution is 0.582. The Hall–Kier alpha value is -1.31. The van der Waals surface area contributed by atoms with Gasteiger partial charge in [-0.3, -0.25) is 0 Å². The van der Waals surface area contributed by atoms with E-state index in [4.69, 9.17) is 0 Å². The summed E-state index contributed by atoms with van der Waals surface area (Å²) in [5, 5.41) is 0. The van der Waals surface area contributed by atoms with E-state index in [1.54, 1.807) is 0 Å². The van der Waals surface area contributed by atoms with Gasteiger partial charge in [-0.2, -0.15) is 0 Å². The maximum Gasteiger partial charge on any atom is 0.136 e. The summed E-state index contributed by atoms with van der Waals surface area (Å²) in [6.07, 6.45) is 6.46. The van der Waals surface area contributed by atoms with E-state index in [-0.39, 0.29) is 0 Å². The molecular formula is C12H16N2. The Balaban J connectivity index is 2.19. The first-order chi connectivity index (χ1) is 6.75. The van der Waals surface area contributed by atoms with Crippen LogP contribution in [0.1, 0.15) is 26.0 Å². The highest BCUT2D eigenvalue weighted by molar-refractivity contribution is 5.39. The maximum absolute atomic E-state index is 4.55. The molecule has 2 aromatic rings. The van der Waals surface area contributed by atoms with Crippen LogP contribution in [0.5, 0.6) is 0 Å². The lowest BCUT2D eigenvalue weighted by Gasteiger charge is -1.99. The molecule has 0 radical (unpaired) electrons. The second-order valence-corrected chi connectivity index (χ2v) is 4.13. The quantitative estimate of drug-likeness (QED) is 0.724. The normalized spacial score (nSPS) is 11.4. The highest BCUT2D eigenvalue weighted by atomic mass is 15.0. The maximum atomic E-state index is 4.55. The molecule has 0 fully saturated rings. The van der Waals surface area contributed by atoms with Crippen molar-refractivity contribution < 1.29 is 0 Å². The van der Waals surface area contributed by atoms with Crippen LogP contribution in [0.25, 0.3) is 5.65 Å². The van der Waals surface area contributed by atoms with Gasteiger partial charge in [0.05, 0.1) is 5.69 Å². The van der Waals surface area contributed by atoms with Crippen LogP contribution in [0.4, 0.5) is 0 Å². The molecule has 74 valence electrons. The van der Waals surface area contributed by atoms with E-state index in [1.807, 2.05) is 24.4 Å². The number of nitrogens with zero attached hydrogens (tertiary/aromatic N) is 2. The van der Waals surface area contributed by atoms with E-state index in [2.05, 4.69) is 29.4 Å². The Labute approximate surface area is 84.6 Å². The van der Waals surface area contributed by atoms with Crippen molar-refractivity contribution >= 4 is 5.65 Å². The third-order valence-corrected chi connectivity index (χ3v) is 2.39. The Morgan fingerprint density at radius 1 is 1.36 bits per heavy atom. The van der Waals surface area contributed by atoms with E-state index in [0.29, 0.717) is 0 Å². The molecule has 0 amide bonds. The third kappa shape index (κ3) is 1.95. The minimum Gasteiger partial charge on any atom is -0.307 e. The van der Waals surface area contributed by atoms with Crippen LogP contribution in [0, 0.1) is 5.92 Å². The molecule has 2 heterocycles. The van der Waals surface area contributed by atoms with Crippen LogP contribution in [0.15, 0.2) is 30.6 Å². The summed E-state index contributed by atoms with van der Waals surface area (Å²) in [4.78, 5) is 4.55. The average Bonchev–Trinajstić information content (AvgIpc) is 2.57. The summed E-state index contributed by atoms with van der Waals surface area (Å²) in [5.41, 5.74) is 2.25. The number of fused-ring (bicyclic) bond motifs is 1. The molecular weight excluding hydrogens is 172 g/mol. The van der Waals surface area contributed by atoms with Crippen LogP contribution in [-0.2, 0) is 6.42 Å². The number of rotatable bonds is 3. The minimum absolute atomic E-state index is 0.750. The topological polar surface area (TPSA) is 17.3 Å². The summed E-state index contributed by atoms with van der Waals surface area (Å²) in [6, 6.07) is 6.09. The molecule has 0 aliphatic rings. The number of pyridine rings is 1. The molecule has 2 aromatic heterocycles. The molecule has 2 nitrogen and oxygen atoms in total. The lowest BCUT2D eigenvalue weighted by atomic mass is 10.1. The van der Waals surface area contributed by atoms with E-state index < -0.39 is 0 Å². The first-order valence-corrected chi connectivity index (χ1v) is 5.18. The second kappa shape index (κ2) is 3.82. The molecule has 0 aromatic carbocycles. The van der Waals surface area contributed by atoms with Crippen LogP contribution in [0.2, 0.25) is 0 Å². The summed E-state index contributed by atoms with van der Waals surface area (Å²) in [6.45, 7) is 4.49. The molecule has 2 heteroatoms. The molecule has 14 heavy (non-hydrogen) atoms. The summed E-state index contributed by atoms with van der Waals surface area (Å²) in [7, 11) is 0. The fourth-order valence-corrected chi connectivity index (χ4v) is 1.54. The van der Waals surface area contributed by atoms with Crippen molar-refractivity contribution in [1.82, 2.24) is 9.38 Å². The fraction of sp³-hybridized carbons (Fsp3) is 0.417. The number of hydrogen-bond donors (Lipinski definition) is 0. The molecule has 0 bridgehead atoms. The van der Waals surface area contributed by atoms with Gasteiger partial charge < -0.3 is 4.40 Å². The zero-order valence-corrected chi connectivity index (χ0v) is 8.77. The van der Waals surface area contributed by atoms with E-state index >= 15 is 0 Å². The molecule has 0 N–H and O–H groups in total. The van der Waals surface area contributed by atoms with Gasteiger partial charge in [-0.05, 0) is 30.9 Å². The van der Waals surface area contributed by atoms with Crippen molar-refractivity contribution in [2.45, 2.75) is 26.7 Å². The Morgan fingerprint density at radius 3 is 2.93 bits per heavy atom. The standard InChI is InChI=1S/C12H16N2/c1-10(2)6-7-11-9-14-8-4-3-5-12(14)13-11/h3-5,8-10H,6-7H2,1-2H3. The Kier molecular flexibility index (Phi) is 2.53. The third-order valence-electron chi connectivity index (χ3n) is 2.39. The molecule has 2 rings (SSSR count). The van der Waals surface area contributed by atoms with Gasteiger partial charge in [0.25, 0.3) is 0 Å². The zero-order valence-electron chi connectivity index (χ0n) is 8.77. The van der Waals surface area contributed by atoms with Crippen molar-refractivity contribution in [1.29, 1.82) is 0 Å². The highest BCUT2D eigenvalue weighted by Gasteiger charge is 2.01. The fourth-order valence-electron chi connectivity index (χ4n) is 1.54. The van der Waals surface area contributed by atoms with E-state index in [9.17, 15) is 0 Å². The summed E-state index contributed by atoms with van der Waals surface area (Å²) < 4.78 is 2.08. The molecule has 0 unspecified atom stereocenters. The number of aromatic nitrogens is 2. The van der Waals surface area contributed by atoms with Gasteiger partial charge in [0.15, 0.2) is 0 Å². The number of hydrogen-bond acceptors (Lipinski definition) is 1. The van der Waals surface area contributed by atoms with Crippen LogP contribution in [0.3, 0.4) is 0 Å². The molecule has 0 saturated carbocycles. The Bertz CT molecular complexity index is 382. The molecule has 0 spiro atoms. The molecule has 0 saturated heterocycles.